The number of hydrogen-bond acceptors (Lipinski definition) is 6. The molecule has 0 aliphatic rings. The lowest BCUT2D eigenvalue weighted by atomic mass is 10.2. The zero-order valence-corrected chi connectivity index (χ0v) is 12.4. The van der Waals surface area contributed by atoms with Gasteiger partial charge < -0.3 is 5.43 Å². The minimum absolute atomic E-state index is 0.504. The Balaban J connectivity index is 4.62. The lowest BCUT2D eigenvalue weighted by Gasteiger charge is -2.07. The molecule has 4 nitrogen and oxygen atoms in total. The average molecular weight is 282 g/mol. The third kappa shape index (κ3) is 5.31. The summed E-state index contributed by atoms with van der Waals surface area (Å²) >= 11 is 10.3. The average Bonchev–Trinajstić information content (AvgIpc) is 2.35. The van der Waals surface area contributed by atoms with Crippen molar-refractivity contribution in [1.29, 1.82) is 0 Å². The molecule has 98 valence electrons. The molecule has 4 N–H and O–H groups in total. The summed E-state index contributed by atoms with van der Waals surface area (Å²) in [4.78, 5) is 1.15. The first kappa shape index (κ1) is 16.6. The largest absolute Gasteiger partial charge is 0.323 e. The van der Waals surface area contributed by atoms with E-state index in [4.69, 9.17) is 30.3 Å². The summed E-state index contributed by atoms with van der Waals surface area (Å²) in [5, 5.41) is 4.01. The van der Waals surface area contributed by atoms with Crippen molar-refractivity contribution in [3.63, 3.8) is 0 Å². The van der Waals surface area contributed by atoms with Gasteiger partial charge in [0.1, 0.15) is 0 Å². The van der Waals surface area contributed by atoms with E-state index in [9.17, 15) is 0 Å². The molecule has 0 saturated heterocycles. The van der Waals surface area contributed by atoms with Crippen LogP contribution in [-0.2, 0) is 0 Å². The second-order valence-corrected chi connectivity index (χ2v) is 4.24. The van der Waals surface area contributed by atoms with E-state index in [-0.39, 0.29) is 0 Å². The van der Waals surface area contributed by atoms with Crippen LogP contribution < -0.4 is 16.7 Å². The van der Waals surface area contributed by atoms with Crippen LogP contribution in [0.3, 0.4) is 0 Å². The first-order valence-corrected chi connectivity index (χ1v) is 6.12. The third-order valence-electron chi connectivity index (χ3n) is 2.00. The molecule has 0 atom stereocenters. The number of rotatable bonds is 7. The van der Waals surface area contributed by atoms with E-state index in [2.05, 4.69) is 22.5 Å². The van der Waals surface area contributed by atoms with Gasteiger partial charge in [-0.25, -0.2) is 0 Å². The van der Waals surface area contributed by atoms with Crippen LogP contribution in [0, 0.1) is 0 Å². The van der Waals surface area contributed by atoms with Crippen molar-refractivity contribution in [2.45, 2.75) is 20.8 Å². The molecule has 0 fully saturated rings. The molecule has 0 radical (unpaired) electrons. The zero-order valence-electron chi connectivity index (χ0n) is 10.8. The number of nitrogens with two attached hydrogens (primary N) is 1. The van der Waals surface area contributed by atoms with Crippen LogP contribution in [0.4, 0.5) is 0 Å². The van der Waals surface area contributed by atoms with E-state index >= 15 is 0 Å². The number of allylic oxidation sites excluding steroid dienone is 4. The molecule has 0 aromatic rings. The van der Waals surface area contributed by atoms with Gasteiger partial charge in [-0.05, 0) is 26.3 Å². The number of hydrogen-bond donors (Lipinski definition) is 3. The highest BCUT2D eigenvalue weighted by molar-refractivity contribution is 7.82. The first-order chi connectivity index (χ1) is 8.47. The van der Waals surface area contributed by atoms with Crippen molar-refractivity contribution in [2.75, 3.05) is 0 Å². The first-order valence-electron chi connectivity index (χ1n) is 5.30. The van der Waals surface area contributed by atoms with Crippen molar-refractivity contribution < 1.29 is 0 Å². The van der Waals surface area contributed by atoms with E-state index in [1.54, 1.807) is 6.08 Å². The maximum absolute atomic E-state index is 5.30. The van der Waals surface area contributed by atoms with Crippen molar-refractivity contribution in [3.8, 4) is 0 Å². The fraction of sp³-hybridized carbons (Fsp3) is 0.250. The molecule has 6 heteroatoms. The molecule has 0 amide bonds. The zero-order chi connectivity index (χ0) is 14.1. The van der Waals surface area contributed by atoms with Gasteiger partial charge in [0, 0.05) is 0 Å². The minimum atomic E-state index is 0.504. The maximum Gasteiger partial charge on any atom is 0.0818 e. The molecule has 0 aromatic heterocycles. The van der Waals surface area contributed by atoms with Crippen LogP contribution in [0.15, 0.2) is 40.8 Å². The summed E-state index contributed by atoms with van der Waals surface area (Å²) in [6, 6.07) is 0. The number of thiocarbonyl (C=S) groups is 2. The Morgan fingerprint density at radius 3 is 2.17 bits per heavy atom. The van der Waals surface area contributed by atoms with Crippen LogP contribution in [0.25, 0.3) is 0 Å². The molecule has 0 aromatic carbocycles. The van der Waals surface area contributed by atoms with E-state index in [1.807, 2.05) is 26.8 Å². The quantitative estimate of drug-likeness (QED) is 0.220. The van der Waals surface area contributed by atoms with E-state index in [0.717, 1.165) is 11.3 Å². The van der Waals surface area contributed by atoms with Gasteiger partial charge in [0.25, 0.3) is 0 Å². The van der Waals surface area contributed by atoms with Gasteiger partial charge in [-0.1, -0.05) is 43.2 Å². The van der Waals surface area contributed by atoms with Gasteiger partial charge in [0.05, 0.1) is 27.3 Å². The van der Waals surface area contributed by atoms with Gasteiger partial charge in [0.2, 0.25) is 0 Å². The molecule has 0 spiro atoms. The second-order valence-electron chi connectivity index (χ2n) is 3.39. The molecule has 0 saturated carbocycles. The molecular formula is C12H18N4S2. The Morgan fingerprint density at radius 2 is 1.78 bits per heavy atom. The molecule has 0 rings (SSSR count). The highest BCUT2D eigenvalue weighted by atomic mass is 32.1. The smallest absolute Gasteiger partial charge is 0.0818 e. The maximum atomic E-state index is 5.30. The summed E-state index contributed by atoms with van der Waals surface area (Å²) in [5.74, 6) is 5.30. The molecule has 0 unspecified atom stereocenters. The minimum Gasteiger partial charge on any atom is -0.323 e. The molecule has 0 aliphatic carbocycles. The van der Waals surface area contributed by atoms with Gasteiger partial charge in [-0.15, -0.1) is 0 Å². The Morgan fingerprint density at radius 1 is 1.22 bits per heavy atom. The topological polar surface area (TPSA) is 62.4 Å². The Kier molecular flexibility index (Phi) is 8.02. The van der Waals surface area contributed by atoms with Crippen molar-refractivity contribution in [2.24, 2.45) is 10.9 Å². The van der Waals surface area contributed by atoms with Crippen LogP contribution in [0.2, 0.25) is 0 Å². The van der Waals surface area contributed by atoms with Gasteiger partial charge in [-0.3, -0.25) is 11.3 Å². The number of nitrogens with zero attached hydrogens (tertiary/aromatic N) is 1. The van der Waals surface area contributed by atoms with E-state index < -0.39 is 0 Å². The Hall–Kier alpha value is -1.37. The number of hydrazone groups is 1. The van der Waals surface area contributed by atoms with Crippen LogP contribution in [-0.4, -0.2) is 15.9 Å². The molecule has 0 aliphatic heterocycles. The summed E-state index contributed by atoms with van der Waals surface area (Å²) < 4.78 is 0. The highest BCUT2D eigenvalue weighted by Gasteiger charge is 2.03. The van der Waals surface area contributed by atoms with Crippen LogP contribution >= 0.6 is 24.4 Å². The predicted octanol–water partition coefficient (Wildman–Crippen LogP) is 2.15. The van der Waals surface area contributed by atoms with Gasteiger partial charge in [-0.2, -0.15) is 5.10 Å². The van der Waals surface area contributed by atoms with Crippen LogP contribution in [0.5, 0.6) is 0 Å². The fourth-order valence-corrected chi connectivity index (χ4v) is 1.40. The SMILES string of the molecule is C=C(C)C(=S)/C(=C\C)NN=CC(=S)/C(=C\C)NN. The molecular weight excluding hydrogens is 264 g/mol. The second kappa shape index (κ2) is 8.68. The van der Waals surface area contributed by atoms with E-state index in [1.165, 1.54) is 6.21 Å². The monoisotopic (exact) mass is 282 g/mol. The molecule has 18 heavy (non-hydrogen) atoms. The highest BCUT2D eigenvalue weighted by Crippen LogP contribution is 2.03. The van der Waals surface area contributed by atoms with E-state index in [0.29, 0.717) is 15.4 Å². The standard InChI is InChI=1S/C12H18N4S2/c1-5-9(15-13)11(17)7-14-16-10(6-2)12(18)8(3)4/h5-7,15-16H,3,13H2,1-2,4H3/b9-5+,10-6+,14-7?. The summed E-state index contributed by atoms with van der Waals surface area (Å²) in [7, 11) is 0. The van der Waals surface area contributed by atoms with Crippen molar-refractivity contribution >= 4 is 40.4 Å². The Bertz CT molecular complexity index is 433. The molecule has 0 bridgehead atoms. The van der Waals surface area contributed by atoms with Gasteiger partial charge >= 0.3 is 0 Å². The number of nitrogens with one attached hydrogen (secondary N) is 2. The van der Waals surface area contributed by atoms with Crippen LogP contribution in [0.1, 0.15) is 20.8 Å². The third-order valence-corrected chi connectivity index (χ3v) is 2.89. The Labute approximate surface area is 119 Å². The lowest BCUT2D eigenvalue weighted by Crippen LogP contribution is -2.26. The molecule has 0 heterocycles. The normalized spacial score (nSPS) is 12.4. The van der Waals surface area contributed by atoms with Crippen molar-refractivity contribution in [1.82, 2.24) is 10.9 Å². The lowest BCUT2D eigenvalue weighted by molar-refractivity contribution is 0.928. The predicted molar refractivity (Wildman–Crippen MR) is 86.5 cm³/mol. The summed E-state index contributed by atoms with van der Waals surface area (Å²) in [6.07, 6.45) is 5.09. The fourth-order valence-electron chi connectivity index (χ4n) is 1.00. The summed E-state index contributed by atoms with van der Waals surface area (Å²) in [5.41, 5.74) is 7.49. The number of hydrazine groups is 1. The summed E-state index contributed by atoms with van der Waals surface area (Å²) in [6.45, 7) is 9.33. The van der Waals surface area contributed by atoms with Gasteiger partial charge in [0.15, 0.2) is 0 Å². The van der Waals surface area contributed by atoms with Crippen molar-refractivity contribution in [3.05, 3.63) is 35.7 Å².